The van der Waals surface area contributed by atoms with E-state index in [1.54, 1.807) is 0 Å². The smallest absolute Gasteiger partial charge is 0.0433 e. The number of thioether (sulfide) groups is 1. The van der Waals surface area contributed by atoms with Crippen LogP contribution in [0.2, 0.25) is 0 Å². The van der Waals surface area contributed by atoms with Gasteiger partial charge in [-0.1, -0.05) is 34.1 Å². The molecule has 1 aliphatic heterocycles. The van der Waals surface area contributed by atoms with Crippen molar-refractivity contribution in [2.75, 3.05) is 6.61 Å². The maximum atomic E-state index is 8.68. The van der Waals surface area contributed by atoms with E-state index < -0.39 is 0 Å². The molecule has 1 saturated carbocycles. The predicted octanol–water partition coefficient (Wildman–Crippen LogP) is 4.34. The lowest BCUT2D eigenvalue weighted by Crippen LogP contribution is -2.05. The summed E-state index contributed by atoms with van der Waals surface area (Å²) in [6, 6.07) is 0. The molecular formula is C15H30OS. The highest BCUT2D eigenvalue weighted by atomic mass is 32.2. The maximum Gasteiger partial charge on any atom is 0.0433 e. The van der Waals surface area contributed by atoms with Crippen molar-refractivity contribution in [3.05, 3.63) is 0 Å². The van der Waals surface area contributed by atoms with E-state index in [4.69, 9.17) is 5.11 Å². The fourth-order valence-electron chi connectivity index (χ4n) is 2.82. The van der Waals surface area contributed by atoms with Gasteiger partial charge >= 0.3 is 0 Å². The summed E-state index contributed by atoms with van der Waals surface area (Å²) in [5, 5.41) is 10.9. The highest BCUT2D eigenvalue weighted by Crippen LogP contribution is 2.54. The van der Waals surface area contributed by atoms with Crippen molar-refractivity contribution in [1.29, 1.82) is 0 Å². The number of aliphatic hydroxyl groups is 1. The summed E-state index contributed by atoms with van der Waals surface area (Å²) in [5.74, 6) is 2.57. The van der Waals surface area contributed by atoms with Crippen LogP contribution in [0, 0.1) is 17.8 Å². The highest BCUT2D eigenvalue weighted by molar-refractivity contribution is 8.07. The Labute approximate surface area is 112 Å². The summed E-state index contributed by atoms with van der Waals surface area (Å²) < 4.78 is 0. The van der Waals surface area contributed by atoms with Crippen LogP contribution >= 0.6 is 11.8 Å². The summed E-state index contributed by atoms with van der Waals surface area (Å²) in [7, 11) is 0. The van der Waals surface area contributed by atoms with Crippen molar-refractivity contribution in [2.45, 2.75) is 70.3 Å². The Balaban J connectivity index is 0.000000177. The van der Waals surface area contributed by atoms with Gasteiger partial charge < -0.3 is 5.11 Å². The summed E-state index contributed by atoms with van der Waals surface area (Å²) in [4.78, 5) is 0. The number of hydrogen-bond acceptors (Lipinski definition) is 2. The molecule has 0 spiro atoms. The standard InChI is InChI=1S/C9H20O.C6H10S/c1-4-9(5-6-10)7-8(2)3;1-4-2-5-6(3-4)7-5/h8-10H,4-7H2,1-3H3;4-6H,2-3H2,1H3. The van der Waals surface area contributed by atoms with Crippen LogP contribution in [0.1, 0.15) is 59.8 Å². The van der Waals surface area contributed by atoms with Gasteiger partial charge in [0.25, 0.3) is 0 Å². The Morgan fingerprint density at radius 1 is 1.24 bits per heavy atom. The van der Waals surface area contributed by atoms with E-state index >= 15 is 0 Å². The van der Waals surface area contributed by atoms with Crippen molar-refractivity contribution in [2.24, 2.45) is 17.8 Å². The van der Waals surface area contributed by atoms with Crippen LogP contribution in [0.15, 0.2) is 0 Å². The van der Waals surface area contributed by atoms with Gasteiger partial charge in [-0.05, 0) is 43.4 Å². The molecule has 2 aliphatic rings. The maximum absolute atomic E-state index is 8.68. The second-order valence-corrected chi connectivity index (χ2v) is 7.69. The lowest BCUT2D eigenvalue weighted by molar-refractivity contribution is 0.240. The van der Waals surface area contributed by atoms with Crippen LogP contribution in [0.3, 0.4) is 0 Å². The van der Waals surface area contributed by atoms with Gasteiger partial charge in [-0.2, -0.15) is 11.8 Å². The number of aliphatic hydroxyl groups excluding tert-OH is 1. The Bertz CT molecular complexity index is 195. The molecule has 2 fully saturated rings. The van der Waals surface area contributed by atoms with Gasteiger partial charge in [-0.15, -0.1) is 0 Å². The fraction of sp³-hybridized carbons (Fsp3) is 1.00. The molecule has 0 aromatic heterocycles. The number of rotatable bonds is 5. The summed E-state index contributed by atoms with van der Waals surface area (Å²) in [6.45, 7) is 9.39. The first kappa shape index (κ1) is 15.4. The molecule has 0 radical (unpaired) electrons. The first-order chi connectivity index (χ1) is 8.06. The van der Waals surface area contributed by atoms with Crippen molar-refractivity contribution >= 4 is 11.8 Å². The summed E-state index contributed by atoms with van der Waals surface area (Å²) in [6.07, 6.45) is 6.47. The first-order valence-electron chi connectivity index (χ1n) is 7.33. The topological polar surface area (TPSA) is 20.2 Å². The van der Waals surface area contributed by atoms with E-state index in [-0.39, 0.29) is 0 Å². The largest absolute Gasteiger partial charge is 0.396 e. The van der Waals surface area contributed by atoms with Gasteiger partial charge in [0.1, 0.15) is 0 Å². The normalized spacial score (nSPS) is 31.8. The average Bonchev–Trinajstić information content (AvgIpc) is 2.86. The zero-order valence-corrected chi connectivity index (χ0v) is 12.8. The Morgan fingerprint density at radius 3 is 2.12 bits per heavy atom. The van der Waals surface area contributed by atoms with E-state index in [9.17, 15) is 0 Å². The van der Waals surface area contributed by atoms with Crippen LogP contribution < -0.4 is 0 Å². The van der Waals surface area contributed by atoms with Gasteiger partial charge in [0.05, 0.1) is 0 Å². The van der Waals surface area contributed by atoms with Gasteiger partial charge in [-0.25, -0.2) is 0 Å². The van der Waals surface area contributed by atoms with Crippen LogP contribution in [0.25, 0.3) is 0 Å². The van der Waals surface area contributed by atoms with E-state index in [1.807, 2.05) is 0 Å². The second-order valence-electron chi connectivity index (χ2n) is 6.21. The van der Waals surface area contributed by atoms with E-state index in [0.29, 0.717) is 6.61 Å². The van der Waals surface area contributed by atoms with Crippen molar-refractivity contribution in [3.63, 3.8) is 0 Å². The molecule has 1 saturated heterocycles. The summed E-state index contributed by atoms with van der Waals surface area (Å²) >= 11 is 2.18. The van der Waals surface area contributed by atoms with E-state index in [2.05, 4.69) is 39.5 Å². The molecule has 1 heterocycles. The molecule has 2 rings (SSSR count). The molecule has 1 aliphatic carbocycles. The molecule has 3 atom stereocenters. The van der Waals surface area contributed by atoms with Crippen molar-refractivity contribution in [1.82, 2.24) is 0 Å². The van der Waals surface area contributed by atoms with E-state index in [1.165, 1.54) is 25.7 Å². The van der Waals surface area contributed by atoms with Crippen molar-refractivity contribution < 1.29 is 5.11 Å². The molecule has 0 amide bonds. The predicted molar refractivity (Wildman–Crippen MR) is 78.5 cm³/mol. The molecule has 3 unspecified atom stereocenters. The molecule has 0 aromatic carbocycles. The summed E-state index contributed by atoms with van der Waals surface area (Å²) in [5.41, 5.74) is 0. The monoisotopic (exact) mass is 258 g/mol. The minimum Gasteiger partial charge on any atom is -0.396 e. The fourth-order valence-corrected chi connectivity index (χ4v) is 4.28. The quantitative estimate of drug-likeness (QED) is 0.740. The zero-order chi connectivity index (χ0) is 12.8. The number of fused-ring (bicyclic) bond motifs is 1. The lowest BCUT2D eigenvalue weighted by atomic mass is 9.92. The minimum absolute atomic E-state index is 0.352. The van der Waals surface area contributed by atoms with Crippen molar-refractivity contribution in [3.8, 4) is 0 Å². The first-order valence-corrected chi connectivity index (χ1v) is 8.27. The van der Waals surface area contributed by atoms with Gasteiger partial charge in [0.2, 0.25) is 0 Å². The third-order valence-electron chi connectivity index (χ3n) is 3.88. The van der Waals surface area contributed by atoms with Crippen LogP contribution in [-0.4, -0.2) is 22.2 Å². The second kappa shape index (κ2) is 7.68. The third kappa shape index (κ3) is 6.15. The lowest BCUT2D eigenvalue weighted by Gasteiger charge is -2.14. The van der Waals surface area contributed by atoms with Crippen LogP contribution in [-0.2, 0) is 0 Å². The molecule has 17 heavy (non-hydrogen) atoms. The average molecular weight is 258 g/mol. The Hall–Kier alpha value is 0.310. The zero-order valence-electron chi connectivity index (χ0n) is 12.0. The molecule has 1 N–H and O–H groups in total. The molecule has 1 nitrogen and oxygen atoms in total. The number of hydrogen-bond donors (Lipinski definition) is 1. The van der Waals surface area contributed by atoms with Gasteiger partial charge in [0, 0.05) is 17.1 Å². The molecular weight excluding hydrogens is 228 g/mol. The molecule has 0 bridgehead atoms. The van der Waals surface area contributed by atoms with Crippen LogP contribution in [0.4, 0.5) is 0 Å². The molecule has 2 heteroatoms. The Morgan fingerprint density at radius 2 is 1.82 bits per heavy atom. The van der Waals surface area contributed by atoms with E-state index in [0.717, 1.165) is 34.7 Å². The highest BCUT2D eigenvalue weighted by Gasteiger charge is 2.45. The molecule has 102 valence electrons. The van der Waals surface area contributed by atoms with Gasteiger partial charge in [0.15, 0.2) is 0 Å². The van der Waals surface area contributed by atoms with Crippen LogP contribution in [0.5, 0.6) is 0 Å². The minimum atomic E-state index is 0.352. The third-order valence-corrected chi connectivity index (χ3v) is 5.30. The SMILES string of the molecule is CC1CC2SC2C1.CCC(CCO)CC(C)C. The Kier molecular flexibility index (Phi) is 6.94. The molecule has 0 aromatic rings. The van der Waals surface area contributed by atoms with Gasteiger partial charge in [-0.3, -0.25) is 0 Å².